The van der Waals surface area contributed by atoms with Gasteiger partial charge >= 0.3 is 0 Å². The number of benzene rings is 3. The van der Waals surface area contributed by atoms with Gasteiger partial charge in [0.05, 0.1) is 6.54 Å². The second kappa shape index (κ2) is 5.93. The number of hydrogen-bond donors (Lipinski definition) is 0. The predicted molar refractivity (Wildman–Crippen MR) is 97.6 cm³/mol. The highest BCUT2D eigenvalue weighted by Gasteiger charge is 2.27. The van der Waals surface area contributed by atoms with Crippen LogP contribution in [0.4, 0.5) is 0 Å². The van der Waals surface area contributed by atoms with E-state index < -0.39 is 0 Å². The number of hydrogen-bond acceptors (Lipinski definition) is 2. The number of fused-ring (bicyclic) bond motifs is 1. The Morgan fingerprint density at radius 2 is 1.71 bits per heavy atom. The number of amides is 1. The van der Waals surface area contributed by atoms with Crippen molar-refractivity contribution in [3.63, 3.8) is 0 Å². The highest BCUT2D eigenvalue weighted by Crippen LogP contribution is 2.24. The van der Waals surface area contributed by atoms with Crippen molar-refractivity contribution in [2.24, 2.45) is 4.99 Å². The van der Waals surface area contributed by atoms with Gasteiger partial charge in [0.2, 0.25) is 0 Å². The van der Waals surface area contributed by atoms with Crippen LogP contribution in [0.3, 0.4) is 0 Å². The van der Waals surface area contributed by atoms with Crippen LogP contribution in [0.25, 0.3) is 10.8 Å². The zero-order valence-corrected chi connectivity index (χ0v) is 13.6. The van der Waals surface area contributed by atoms with E-state index in [4.69, 9.17) is 0 Å². The Morgan fingerprint density at radius 3 is 2.58 bits per heavy atom. The Hall–Kier alpha value is -2.94. The van der Waals surface area contributed by atoms with Gasteiger partial charge in [0.15, 0.2) is 0 Å². The lowest BCUT2D eigenvalue weighted by Gasteiger charge is -2.20. The summed E-state index contributed by atoms with van der Waals surface area (Å²) in [5.41, 5.74) is 2.76. The molecule has 0 atom stereocenters. The minimum Gasteiger partial charge on any atom is -0.291 e. The van der Waals surface area contributed by atoms with E-state index in [1.807, 2.05) is 60.4 Å². The normalized spacial score (nSPS) is 14.0. The summed E-state index contributed by atoms with van der Waals surface area (Å²) in [6.45, 7) is 3.25. The minimum atomic E-state index is 0.0253. The number of nitrogens with zero attached hydrogens (tertiary/aromatic N) is 2. The van der Waals surface area contributed by atoms with Crippen molar-refractivity contribution in [3.05, 3.63) is 83.4 Å². The molecule has 118 valence electrons. The quantitative estimate of drug-likeness (QED) is 0.702. The van der Waals surface area contributed by atoms with Crippen LogP contribution in [0, 0.1) is 6.92 Å². The lowest BCUT2D eigenvalue weighted by molar-refractivity contribution is 0.0857. The van der Waals surface area contributed by atoms with Crippen molar-refractivity contribution in [1.82, 2.24) is 4.90 Å². The molecule has 0 saturated carbocycles. The second-order valence-corrected chi connectivity index (χ2v) is 6.00. The van der Waals surface area contributed by atoms with Crippen LogP contribution in [-0.2, 0) is 0 Å². The van der Waals surface area contributed by atoms with Crippen LogP contribution in [-0.4, -0.2) is 29.7 Å². The molecule has 0 radical (unpaired) electrons. The second-order valence-electron chi connectivity index (χ2n) is 6.00. The minimum absolute atomic E-state index is 0.0253. The first kappa shape index (κ1) is 14.6. The molecular weight excluding hydrogens is 296 g/mol. The molecule has 0 N–H and O–H groups in total. The largest absolute Gasteiger partial charge is 0.291 e. The van der Waals surface area contributed by atoms with Crippen molar-refractivity contribution in [3.8, 4) is 0 Å². The lowest BCUT2D eigenvalue weighted by Crippen LogP contribution is -2.35. The zero-order chi connectivity index (χ0) is 16.5. The molecule has 0 unspecified atom stereocenters. The molecule has 0 aliphatic carbocycles. The average Bonchev–Trinajstić information content (AvgIpc) is 3.10. The van der Waals surface area contributed by atoms with Gasteiger partial charge in [0.1, 0.15) is 5.84 Å². The van der Waals surface area contributed by atoms with E-state index in [1.54, 1.807) is 0 Å². The van der Waals surface area contributed by atoms with Crippen molar-refractivity contribution in [2.45, 2.75) is 6.92 Å². The summed E-state index contributed by atoms with van der Waals surface area (Å²) >= 11 is 0. The van der Waals surface area contributed by atoms with Gasteiger partial charge in [-0.15, -0.1) is 0 Å². The van der Waals surface area contributed by atoms with Crippen LogP contribution >= 0.6 is 0 Å². The summed E-state index contributed by atoms with van der Waals surface area (Å²) < 4.78 is 0. The summed E-state index contributed by atoms with van der Waals surface area (Å²) in [7, 11) is 0. The maximum Gasteiger partial charge on any atom is 0.259 e. The van der Waals surface area contributed by atoms with E-state index in [1.165, 1.54) is 0 Å². The molecule has 1 aliphatic heterocycles. The molecule has 1 heterocycles. The summed E-state index contributed by atoms with van der Waals surface area (Å²) in [4.78, 5) is 19.5. The first-order valence-electron chi connectivity index (χ1n) is 8.16. The standard InChI is InChI=1S/C21H18N2O/c1-15-7-2-4-10-17(15)21(24)23-14-13-22-20(23)19-12-6-9-16-8-3-5-11-18(16)19/h2-12H,13-14H2,1H3. The van der Waals surface area contributed by atoms with Crippen LogP contribution < -0.4 is 0 Å². The van der Waals surface area contributed by atoms with Gasteiger partial charge < -0.3 is 0 Å². The zero-order valence-electron chi connectivity index (χ0n) is 13.6. The number of aryl methyl sites for hydroxylation is 1. The summed E-state index contributed by atoms with van der Waals surface area (Å²) in [5, 5.41) is 2.29. The van der Waals surface area contributed by atoms with E-state index in [0.29, 0.717) is 13.1 Å². The summed E-state index contributed by atoms with van der Waals surface area (Å²) in [6.07, 6.45) is 0. The Balaban J connectivity index is 1.78. The van der Waals surface area contributed by atoms with Crippen molar-refractivity contribution in [1.29, 1.82) is 0 Å². The van der Waals surface area contributed by atoms with Crippen molar-refractivity contribution in [2.75, 3.05) is 13.1 Å². The van der Waals surface area contributed by atoms with Crippen LogP contribution in [0.15, 0.2) is 71.7 Å². The Morgan fingerprint density at radius 1 is 0.958 bits per heavy atom. The maximum absolute atomic E-state index is 13.0. The first-order valence-corrected chi connectivity index (χ1v) is 8.16. The Bertz CT molecular complexity index is 953. The Labute approximate surface area is 141 Å². The smallest absolute Gasteiger partial charge is 0.259 e. The number of amidine groups is 1. The van der Waals surface area contributed by atoms with Gasteiger partial charge in [-0.25, -0.2) is 0 Å². The fourth-order valence-corrected chi connectivity index (χ4v) is 3.25. The van der Waals surface area contributed by atoms with Gasteiger partial charge in [0.25, 0.3) is 5.91 Å². The molecule has 0 bridgehead atoms. The molecule has 4 rings (SSSR count). The summed E-state index contributed by atoms with van der Waals surface area (Å²) in [6, 6.07) is 22.1. The van der Waals surface area contributed by atoms with E-state index in [-0.39, 0.29) is 5.91 Å². The lowest BCUT2D eigenvalue weighted by atomic mass is 10.0. The number of rotatable bonds is 2. The fourth-order valence-electron chi connectivity index (χ4n) is 3.25. The Kier molecular flexibility index (Phi) is 3.62. The third-order valence-electron chi connectivity index (χ3n) is 4.49. The number of carbonyl (C=O) groups is 1. The topological polar surface area (TPSA) is 32.7 Å². The van der Waals surface area contributed by atoms with Gasteiger partial charge in [-0.2, -0.15) is 0 Å². The van der Waals surface area contributed by atoms with Crippen LogP contribution in [0.1, 0.15) is 21.5 Å². The average molecular weight is 314 g/mol. The van der Waals surface area contributed by atoms with Crippen LogP contribution in [0.2, 0.25) is 0 Å². The molecule has 0 fully saturated rings. The van der Waals surface area contributed by atoms with Gasteiger partial charge in [-0.1, -0.05) is 60.7 Å². The number of carbonyl (C=O) groups excluding carboxylic acids is 1. The fraction of sp³-hybridized carbons (Fsp3) is 0.143. The molecule has 0 aromatic heterocycles. The summed E-state index contributed by atoms with van der Waals surface area (Å²) in [5.74, 6) is 0.803. The molecule has 1 aliphatic rings. The molecular formula is C21H18N2O. The highest BCUT2D eigenvalue weighted by molar-refractivity contribution is 6.18. The van der Waals surface area contributed by atoms with E-state index in [2.05, 4.69) is 23.2 Å². The van der Waals surface area contributed by atoms with Crippen LogP contribution in [0.5, 0.6) is 0 Å². The SMILES string of the molecule is Cc1ccccc1C(=O)N1CCN=C1c1cccc2ccccc12. The molecule has 1 amide bonds. The molecule has 0 saturated heterocycles. The van der Waals surface area contributed by atoms with Gasteiger partial charge in [-0.3, -0.25) is 14.7 Å². The van der Waals surface area contributed by atoms with Crippen molar-refractivity contribution >= 4 is 22.5 Å². The molecule has 3 heteroatoms. The van der Waals surface area contributed by atoms with Gasteiger partial charge in [0, 0.05) is 17.7 Å². The molecule has 3 aromatic rings. The highest BCUT2D eigenvalue weighted by atomic mass is 16.2. The van der Waals surface area contributed by atoms with Gasteiger partial charge in [-0.05, 0) is 29.3 Å². The third-order valence-corrected chi connectivity index (χ3v) is 4.49. The maximum atomic E-state index is 13.0. The molecule has 24 heavy (non-hydrogen) atoms. The van der Waals surface area contributed by atoms with E-state index in [9.17, 15) is 4.79 Å². The molecule has 0 spiro atoms. The van der Waals surface area contributed by atoms with E-state index >= 15 is 0 Å². The molecule has 3 aromatic carbocycles. The van der Waals surface area contributed by atoms with Crippen molar-refractivity contribution < 1.29 is 4.79 Å². The predicted octanol–water partition coefficient (Wildman–Crippen LogP) is 4.05. The number of aliphatic imine (C=N–C) groups is 1. The third kappa shape index (κ3) is 2.38. The monoisotopic (exact) mass is 314 g/mol. The van der Waals surface area contributed by atoms with E-state index in [0.717, 1.165) is 33.3 Å². The first-order chi connectivity index (χ1) is 11.8. The molecule has 3 nitrogen and oxygen atoms in total.